The van der Waals surface area contributed by atoms with E-state index in [9.17, 15) is 21.8 Å². The second-order valence-electron chi connectivity index (χ2n) is 14.6. The van der Waals surface area contributed by atoms with Gasteiger partial charge in [-0.15, -0.1) is 0 Å². The number of alkyl halides is 2. The molecule has 0 N–H and O–H groups in total. The molecule has 0 bridgehead atoms. The number of hydrogen-bond donors (Lipinski definition) is 0. The first-order valence-corrected chi connectivity index (χ1v) is 22.4. The molecule has 0 amide bonds. The normalized spacial score (nSPS) is 12.0. The maximum absolute atomic E-state index is 11.8. The van der Waals surface area contributed by atoms with Crippen molar-refractivity contribution in [1.29, 1.82) is 0 Å². The summed E-state index contributed by atoms with van der Waals surface area (Å²) in [6.07, 6.45) is 0. The highest BCUT2D eigenvalue weighted by Crippen LogP contribution is 2.35. The fourth-order valence-electron chi connectivity index (χ4n) is 5.32. The Balaban J connectivity index is 0.000000203. The van der Waals surface area contributed by atoms with E-state index >= 15 is 0 Å². The van der Waals surface area contributed by atoms with E-state index in [-0.39, 0.29) is 32.6 Å². The van der Waals surface area contributed by atoms with Gasteiger partial charge in [0.15, 0.2) is 39.5 Å². The van der Waals surface area contributed by atoms with Crippen molar-refractivity contribution >= 4 is 44.0 Å². The Bertz CT molecular complexity index is 1970. The van der Waals surface area contributed by atoms with Gasteiger partial charge in [-0.05, 0) is 94.8 Å². The zero-order valence-electron chi connectivity index (χ0n) is 32.5. The van der Waals surface area contributed by atoms with Gasteiger partial charge in [0.1, 0.15) is 12.0 Å². The summed E-state index contributed by atoms with van der Waals surface area (Å²) in [4.78, 5) is 8.19. The predicted molar refractivity (Wildman–Crippen MR) is 225 cm³/mol. The summed E-state index contributed by atoms with van der Waals surface area (Å²) >= 11 is -1.18. The highest BCUT2D eigenvalue weighted by atomic mass is 32.3. The molecule has 6 nitrogen and oxygen atoms in total. The topological polar surface area (TPSA) is 98.7 Å². The van der Waals surface area contributed by atoms with E-state index in [0.717, 1.165) is 0 Å². The van der Waals surface area contributed by atoms with Crippen LogP contribution in [0.4, 0.5) is 8.78 Å². The molecule has 6 aromatic rings. The third-order valence-corrected chi connectivity index (χ3v) is 14.5. The molecule has 300 valence electrons. The molecule has 12 heteroatoms. The first-order valence-electron chi connectivity index (χ1n) is 17.8. The molecule has 6 rings (SSSR count). The van der Waals surface area contributed by atoms with Crippen LogP contribution >= 0.6 is 12.0 Å². The lowest BCUT2D eigenvalue weighted by atomic mass is 9.87. The molecule has 6 aromatic carbocycles. The van der Waals surface area contributed by atoms with Gasteiger partial charge in [-0.2, -0.15) is 13.1 Å². The van der Waals surface area contributed by atoms with Crippen LogP contribution in [0.3, 0.4) is 0 Å². The summed E-state index contributed by atoms with van der Waals surface area (Å²) in [6.45, 7) is 13.6. The molecule has 0 aliphatic heterocycles. The van der Waals surface area contributed by atoms with Gasteiger partial charge in [-0.1, -0.05) is 139 Å². The molecule has 0 aliphatic carbocycles. The lowest BCUT2D eigenvalue weighted by Gasteiger charge is -2.19. The van der Waals surface area contributed by atoms with Gasteiger partial charge in [0.2, 0.25) is 0 Å². The molecule has 0 fully saturated rings. The zero-order valence-corrected chi connectivity index (χ0v) is 35.8. The zero-order chi connectivity index (χ0) is 41.7. The Morgan fingerprint density at radius 2 is 0.719 bits per heavy atom. The first-order chi connectivity index (χ1) is 26.9. The third kappa shape index (κ3) is 13.5. The smallest absolute Gasteiger partial charge is 0.409 e. The summed E-state index contributed by atoms with van der Waals surface area (Å²) in [5.41, 5.74) is 3.14. The van der Waals surface area contributed by atoms with Crippen LogP contribution in [0.25, 0.3) is 0 Å². The van der Waals surface area contributed by atoms with Crippen molar-refractivity contribution in [3.8, 4) is 0 Å². The minimum Gasteiger partial charge on any atom is -0.743 e. The largest absolute Gasteiger partial charge is 0.743 e. The van der Waals surface area contributed by atoms with Crippen molar-refractivity contribution < 1.29 is 36.4 Å². The molecule has 0 saturated heterocycles. The maximum Gasteiger partial charge on any atom is 0.409 e. The molecular formula is C45H46F2O6S4. The van der Waals surface area contributed by atoms with Crippen LogP contribution in [0.15, 0.2) is 199 Å². The number of halogens is 2. The van der Waals surface area contributed by atoms with Gasteiger partial charge < -0.3 is 9.81 Å². The van der Waals surface area contributed by atoms with Crippen LogP contribution in [-0.4, -0.2) is 17.6 Å². The fourth-order valence-corrected chi connectivity index (χ4v) is 10.0. The van der Waals surface area contributed by atoms with Crippen molar-refractivity contribution in [2.24, 2.45) is 0 Å². The Morgan fingerprint density at radius 3 is 0.930 bits per heavy atom. The van der Waals surface area contributed by atoms with Crippen LogP contribution in [-0.2, 0) is 52.1 Å². The summed E-state index contributed by atoms with van der Waals surface area (Å²) in [6, 6.07) is 61.5. The molecule has 0 aromatic heterocycles. The molecule has 0 heterocycles. The predicted octanol–water partition coefficient (Wildman–Crippen LogP) is 11.1. The van der Waals surface area contributed by atoms with Crippen LogP contribution < -0.4 is 5.26 Å². The van der Waals surface area contributed by atoms with Crippen molar-refractivity contribution in [2.45, 2.75) is 86.3 Å². The quantitative estimate of drug-likeness (QED) is 0.0445. The van der Waals surface area contributed by atoms with Crippen molar-refractivity contribution in [3.63, 3.8) is 0 Å². The molecule has 57 heavy (non-hydrogen) atoms. The second-order valence-corrected chi connectivity index (χ2v) is 21.1. The Morgan fingerprint density at radius 1 is 0.474 bits per heavy atom. The summed E-state index contributed by atoms with van der Waals surface area (Å²) in [5.74, 6) is 0. The summed E-state index contributed by atoms with van der Waals surface area (Å²) in [5, 5.41) is 11.3. The lowest BCUT2D eigenvalue weighted by Crippen LogP contribution is -2.25. The average molecular weight is 849 g/mol. The van der Waals surface area contributed by atoms with Crippen molar-refractivity contribution in [3.05, 3.63) is 181 Å². The standard InChI is InChI=1S/2C22H23S.CH2F2O6S2/c2*1-22(2,3)18-14-16-21(17-15-18)23(19-10-6-4-7-11-19)20-12-8-5-9-13-20;2-1(3,10-9-8-4)11(5,6)7/h2*4-17H,1-3H3;4H,(H,5,6,7)/q2*+1;/p-2. The van der Waals surface area contributed by atoms with E-state index in [4.69, 9.17) is 5.26 Å². The van der Waals surface area contributed by atoms with Gasteiger partial charge in [-0.25, -0.2) is 8.42 Å². The van der Waals surface area contributed by atoms with E-state index in [1.807, 2.05) is 0 Å². The van der Waals surface area contributed by atoms with E-state index in [2.05, 4.69) is 221 Å². The molecule has 0 spiro atoms. The van der Waals surface area contributed by atoms with Gasteiger partial charge >= 0.3 is 4.59 Å². The Labute approximate surface area is 345 Å². The van der Waals surface area contributed by atoms with Crippen molar-refractivity contribution in [2.75, 3.05) is 0 Å². The van der Waals surface area contributed by atoms with E-state index in [1.165, 1.54) is 40.5 Å². The molecule has 0 radical (unpaired) electrons. The molecule has 0 saturated carbocycles. The SMILES string of the molecule is CC(C)(C)c1ccc([S+](c2ccccc2)c2ccccc2)cc1.CC(C)(C)c1ccc([S+](c2ccccc2)c2ccccc2)cc1.O=S(=O)([O-])C(F)(F)SOO[O-]. The third-order valence-electron chi connectivity index (χ3n) is 8.28. The average Bonchev–Trinajstić information content (AvgIpc) is 3.19. The van der Waals surface area contributed by atoms with Crippen LogP contribution in [0.1, 0.15) is 52.7 Å². The number of hydrogen-bond acceptors (Lipinski definition) is 7. The maximum atomic E-state index is 11.8. The lowest BCUT2D eigenvalue weighted by molar-refractivity contribution is -0.777. The highest BCUT2D eigenvalue weighted by molar-refractivity contribution is 8.09. The molecule has 0 unspecified atom stereocenters. The Kier molecular flexibility index (Phi) is 16.5. The van der Waals surface area contributed by atoms with Gasteiger partial charge in [-0.3, -0.25) is 5.04 Å². The van der Waals surface area contributed by atoms with Crippen molar-refractivity contribution in [1.82, 2.24) is 0 Å². The van der Waals surface area contributed by atoms with Gasteiger partial charge in [0, 0.05) is 0 Å². The molecular weight excluding hydrogens is 803 g/mol. The van der Waals surface area contributed by atoms with Crippen LogP contribution in [0.2, 0.25) is 0 Å². The molecule has 0 atom stereocenters. The summed E-state index contributed by atoms with van der Waals surface area (Å²) < 4.78 is 50.7. The van der Waals surface area contributed by atoms with Gasteiger partial charge in [0.05, 0.1) is 21.8 Å². The minimum absolute atomic E-state index is 0.0497. The van der Waals surface area contributed by atoms with Gasteiger partial charge in [0.25, 0.3) is 0 Å². The number of rotatable bonds is 10. The summed E-state index contributed by atoms with van der Waals surface area (Å²) in [7, 11) is -5.94. The monoisotopic (exact) mass is 848 g/mol. The van der Waals surface area contributed by atoms with E-state index in [0.29, 0.717) is 0 Å². The Hall–Kier alpha value is -3.98. The highest BCUT2D eigenvalue weighted by Gasteiger charge is 2.40. The van der Waals surface area contributed by atoms with Crippen LogP contribution in [0.5, 0.6) is 0 Å². The van der Waals surface area contributed by atoms with E-state index in [1.54, 1.807) is 0 Å². The number of benzene rings is 6. The second kappa shape index (κ2) is 20.6. The van der Waals surface area contributed by atoms with Crippen LogP contribution in [0, 0.1) is 0 Å². The van der Waals surface area contributed by atoms with E-state index < -0.39 is 26.7 Å². The fraction of sp³-hybridized carbons (Fsp3) is 0.200. The minimum atomic E-state index is -5.84. The first kappa shape index (κ1) is 45.7. The molecule has 0 aliphatic rings.